The molecule has 0 aliphatic rings. The van der Waals surface area contributed by atoms with Gasteiger partial charge in [-0.25, -0.2) is 0 Å². The van der Waals surface area contributed by atoms with Gasteiger partial charge in [-0.15, -0.1) is 71.0 Å². The van der Waals surface area contributed by atoms with Crippen molar-refractivity contribution in [1.29, 1.82) is 0 Å². The van der Waals surface area contributed by atoms with Gasteiger partial charge in [0, 0.05) is 0 Å². The standard InChI is InChI=1S/C51H36/c1-13-27-47(28-14-2,29-15-3)39-25-26-40-51(44-41-48(30-16-4,31-17-5)32-18-6,45-42-49(33-19-7,34-20-8)35-21-9)46-43-50(36-22-10,37-23-11)38-24-12/h1-12H3. The minimum absolute atomic E-state index is 1.21. The molecule has 0 aliphatic carbocycles. The summed E-state index contributed by atoms with van der Waals surface area (Å²) in [6.45, 7) is 20.3. The first kappa shape index (κ1) is 43.5. The Bertz CT molecular complexity index is 2090. The van der Waals surface area contributed by atoms with Crippen molar-refractivity contribution >= 4 is 0 Å². The highest BCUT2D eigenvalue weighted by Crippen LogP contribution is 2.22. The third-order valence-corrected chi connectivity index (χ3v) is 5.62. The summed E-state index contributed by atoms with van der Waals surface area (Å²) in [4.78, 5) is 0. The molecule has 0 rings (SSSR count). The zero-order valence-electron chi connectivity index (χ0n) is 31.5. The molecule has 0 radical (unpaired) electrons. The second-order valence-electron chi connectivity index (χ2n) is 9.50. The second-order valence-corrected chi connectivity index (χ2v) is 9.50. The van der Waals surface area contributed by atoms with Crippen LogP contribution in [0.1, 0.15) is 83.1 Å². The molecular weight excluding hydrogens is 613 g/mol. The molecule has 0 atom stereocenters. The fourth-order valence-corrected chi connectivity index (χ4v) is 4.00. The lowest BCUT2D eigenvalue weighted by atomic mass is 9.81. The van der Waals surface area contributed by atoms with Crippen molar-refractivity contribution in [3.05, 3.63) is 0 Å². The van der Waals surface area contributed by atoms with Gasteiger partial charge >= 0.3 is 0 Å². The van der Waals surface area contributed by atoms with Crippen LogP contribution in [-0.2, 0) is 0 Å². The van der Waals surface area contributed by atoms with Crippen molar-refractivity contribution in [3.63, 3.8) is 0 Å². The quantitative estimate of drug-likeness (QED) is 0.274. The van der Waals surface area contributed by atoms with Gasteiger partial charge in [0.1, 0.15) is 0 Å². The van der Waals surface area contributed by atoms with E-state index >= 15 is 0 Å². The number of hydrogen-bond donors (Lipinski definition) is 0. The average Bonchev–Trinajstić information content (AvgIpc) is 3.09. The predicted octanol–water partition coefficient (Wildman–Crippen LogP) is 6.22. The zero-order valence-corrected chi connectivity index (χ0v) is 31.5. The van der Waals surface area contributed by atoms with E-state index in [1.54, 1.807) is 83.1 Å². The third-order valence-electron chi connectivity index (χ3n) is 5.62. The van der Waals surface area contributed by atoms with Crippen molar-refractivity contribution < 1.29 is 0 Å². The first-order valence-corrected chi connectivity index (χ1v) is 15.5. The molecule has 0 heteroatoms. The minimum atomic E-state index is -1.75. The van der Waals surface area contributed by atoms with E-state index in [-0.39, 0.29) is 0 Å². The molecule has 0 bridgehead atoms. The van der Waals surface area contributed by atoms with Crippen LogP contribution < -0.4 is 0 Å². The van der Waals surface area contributed by atoms with E-state index in [4.69, 9.17) is 0 Å². The Balaban J connectivity index is 9.25. The van der Waals surface area contributed by atoms with Crippen LogP contribution in [0, 0.1) is 228 Å². The summed E-state index contributed by atoms with van der Waals surface area (Å²) >= 11 is 0. The molecule has 0 unspecified atom stereocenters. The highest BCUT2D eigenvalue weighted by atomic mass is 14.2. The fraction of sp³-hybridized carbons (Fsp3) is 0.333. The Morgan fingerprint density at radius 2 is 0.275 bits per heavy atom. The third kappa shape index (κ3) is 14.0. The van der Waals surface area contributed by atoms with Crippen LogP contribution in [0.5, 0.6) is 0 Å². The van der Waals surface area contributed by atoms with Crippen molar-refractivity contribution in [3.8, 4) is 201 Å². The van der Waals surface area contributed by atoms with E-state index in [0.29, 0.717) is 0 Å². The lowest BCUT2D eigenvalue weighted by Crippen LogP contribution is -2.20. The molecule has 240 valence electrons. The summed E-state index contributed by atoms with van der Waals surface area (Å²) in [5.41, 5.74) is -6.96. The van der Waals surface area contributed by atoms with E-state index in [1.807, 2.05) is 0 Å². The van der Waals surface area contributed by atoms with E-state index in [9.17, 15) is 0 Å². The second kappa shape index (κ2) is 22.9. The molecule has 0 aromatic rings. The van der Waals surface area contributed by atoms with Crippen molar-refractivity contribution in [2.75, 3.05) is 0 Å². The molecule has 0 nitrogen and oxygen atoms in total. The van der Waals surface area contributed by atoms with Gasteiger partial charge in [0.15, 0.2) is 0 Å². The zero-order chi connectivity index (χ0) is 38.5. The van der Waals surface area contributed by atoms with Gasteiger partial charge in [-0.2, -0.15) is 0 Å². The molecule has 0 heterocycles. The largest absolute Gasteiger partial charge is 0.213 e. The maximum atomic E-state index is 3.18. The van der Waals surface area contributed by atoms with Crippen LogP contribution >= 0.6 is 0 Å². The highest BCUT2D eigenvalue weighted by Gasteiger charge is 2.29. The number of hydrogen-bond acceptors (Lipinski definition) is 0. The topological polar surface area (TPSA) is 0 Å². The Labute approximate surface area is 310 Å². The van der Waals surface area contributed by atoms with Gasteiger partial charge in [0.25, 0.3) is 0 Å². The molecule has 0 spiro atoms. The average molecular weight is 649 g/mol. The van der Waals surface area contributed by atoms with Crippen LogP contribution in [0.2, 0.25) is 0 Å². The SMILES string of the molecule is CC#CC(C#CC)(C#CC)C#CC#CC(C#CC(C#CC)(C#CC)C#CC)(C#CC(C#CC)(C#CC)C#CC)C#CC(C#CC)(C#CC)C#CC. The van der Waals surface area contributed by atoms with Gasteiger partial charge in [-0.05, 0) is 107 Å². The van der Waals surface area contributed by atoms with Gasteiger partial charge in [-0.1, -0.05) is 107 Å². The van der Waals surface area contributed by atoms with E-state index < -0.39 is 27.1 Å². The van der Waals surface area contributed by atoms with Crippen LogP contribution in [-0.4, -0.2) is 0 Å². The van der Waals surface area contributed by atoms with E-state index in [2.05, 4.69) is 201 Å². The molecule has 51 heavy (non-hydrogen) atoms. The van der Waals surface area contributed by atoms with Crippen molar-refractivity contribution in [1.82, 2.24) is 0 Å². The van der Waals surface area contributed by atoms with Crippen LogP contribution in [0.15, 0.2) is 0 Å². The smallest absolute Gasteiger partial charge is 0.103 e. The summed E-state index contributed by atoms with van der Waals surface area (Å²) < 4.78 is 0. The summed E-state index contributed by atoms with van der Waals surface area (Å²) in [6.07, 6.45) is 0. The van der Waals surface area contributed by atoms with Gasteiger partial charge in [0.2, 0.25) is 27.1 Å². The van der Waals surface area contributed by atoms with Crippen LogP contribution in [0.3, 0.4) is 0 Å². The summed E-state index contributed by atoms with van der Waals surface area (Å²) in [7, 11) is 0. The Morgan fingerprint density at radius 1 is 0.157 bits per heavy atom. The fourth-order valence-electron chi connectivity index (χ4n) is 4.00. The minimum Gasteiger partial charge on any atom is -0.103 e. The summed E-state index contributed by atoms with van der Waals surface area (Å²) in [5.74, 6) is 102. The lowest BCUT2D eigenvalue weighted by molar-refractivity contribution is 0.913. The normalized spacial score (nSPS) is 8.08. The van der Waals surface area contributed by atoms with Gasteiger partial charge < -0.3 is 0 Å². The lowest BCUT2D eigenvalue weighted by Gasteiger charge is -2.14. The summed E-state index contributed by atoms with van der Waals surface area (Å²) in [5, 5.41) is 0. The van der Waals surface area contributed by atoms with E-state index in [0.717, 1.165) is 0 Å². The molecule has 0 fully saturated rings. The Kier molecular flexibility index (Phi) is 19.6. The molecule has 0 aromatic heterocycles. The molecule has 0 N–H and O–H groups in total. The van der Waals surface area contributed by atoms with E-state index in [1.165, 1.54) is 0 Å². The molecule has 0 saturated carbocycles. The van der Waals surface area contributed by atoms with Crippen LogP contribution in [0.25, 0.3) is 0 Å². The highest BCUT2D eigenvalue weighted by molar-refractivity contribution is 5.61. The van der Waals surface area contributed by atoms with Crippen LogP contribution in [0.4, 0.5) is 0 Å². The number of rotatable bonds is 0. The maximum Gasteiger partial charge on any atom is 0.213 e. The van der Waals surface area contributed by atoms with Gasteiger partial charge in [-0.3, -0.25) is 0 Å². The monoisotopic (exact) mass is 648 g/mol. The summed E-state index contributed by atoms with van der Waals surface area (Å²) in [6, 6.07) is 0. The first-order chi connectivity index (χ1) is 24.6. The van der Waals surface area contributed by atoms with Crippen molar-refractivity contribution in [2.45, 2.75) is 83.1 Å². The molecule has 0 aromatic carbocycles. The van der Waals surface area contributed by atoms with Crippen molar-refractivity contribution in [2.24, 2.45) is 27.1 Å². The predicted molar refractivity (Wildman–Crippen MR) is 212 cm³/mol. The first-order valence-electron chi connectivity index (χ1n) is 15.5. The Morgan fingerprint density at radius 3 is 0.412 bits per heavy atom. The molecular formula is C51H36. The Hall–Kier alpha value is -7.48. The maximum absolute atomic E-state index is 3.18. The van der Waals surface area contributed by atoms with Gasteiger partial charge in [0.05, 0.1) is 0 Å². The molecule has 0 aliphatic heterocycles. The molecule has 0 amide bonds. The molecule has 0 saturated heterocycles.